The van der Waals surface area contributed by atoms with Gasteiger partial charge in [-0.1, -0.05) is 131 Å². The quantitative estimate of drug-likeness (QED) is 0.0318. The van der Waals surface area contributed by atoms with Gasteiger partial charge in [-0.05, 0) is 61.6 Å². The number of Topliss-reactive ketones (excluding diaryl/α,β-unsaturated/α-hetero) is 1. The topological polar surface area (TPSA) is 381 Å². The number of carbonyl (C=O) groups excluding carboxylic acids is 8. The molecule has 2 heterocycles. The van der Waals surface area contributed by atoms with Crippen LogP contribution in [-0.2, 0) is 49.6 Å². The molecule has 0 bridgehead atoms. The normalized spacial score (nSPS) is 20.8. The summed E-state index contributed by atoms with van der Waals surface area (Å²) in [5.41, 5.74) is 12.0. The molecule has 85 heavy (non-hydrogen) atoms. The van der Waals surface area contributed by atoms with E-state index in [4.69, 9.17) is 25.7 Å². The number of primary amides is 1. The molecule has 0 saturated carbocycles. The summed E-state index contributed by atoms with van der Waals surface area (Å²) in [5, 5.41) is 65.1. The van der Waals surface area contributed by atoms with Crippen molar-refractivity contribution in [2.24, 2.45) is 29.2 Å². The summed E-state index contributed by atoms with van der Waals surface area (Å²) in [6.45, 7) is 6.68. The summed E-state index contributed by atoms with van der Waals surface area (Å²) in [6.07, 6.45) is 6.82. The molecule has 3 rings (SSSR count). The Kier molecular flexibility index (Phi) is 37.6. The van der Waals surface area contributed by atoms with E-state index in [0.29, 0.717) is 43.4 Å². The van der Waals surface area contributed by atoms with E-state index >= 15 is 0 Å². The standard InChI is InChI=1S/C59H100N8O16S.CH4/c1-6-7-8-9-10-11-12-13-14-15-16-18-22-38(4)50(72)43(35-81-57-53(75)52(74)51(73)45(33-68)83-57)65-59(80)82-34-39-25-27-41(28-26-39)64-54(76)40(23-21-29-63-58(61)79)31-44(69)49(37(2)3)66-47(70)24-19-17-20-30-67-48(71)32-46(56(67)78)84-36-42(60)55(77)62-5;/h25-28,37-38,40,42-43,45-46,49-53,57,68,72-75H,6-24,29-36,60H2,1-5H3,(H,62,77)(H,64,76)(H,65,80)(H,66,70)(H3,61,63,79);1H4/t38-,40-,42+,43?,45?,46?,49+,50-,51+,52+,53?,57+;/m1./s1. The molecule has 2 aliphatic heterocycles. The van der Waals surface area contributed by atoms with Crippen molar-refractivity contribution < 1.29 is 78.1 Å². The first-order chi connectivity index (χ1) is 40.1. The maximum atomic E-state index is 13.9. The van der Waals surface area contributed by atoms with E-state index in [0.717, 1.165) is 25.7 Å². The van der Waals surface area contributed by atoms with Crippen LogP contribution in [0.2, 0.25) is 0 Å². The molecule has 0 spiro atoms. The molecule has 14 N–H and O–H groups in total. The van der Waals surface area contributed by atoms with Crippen LogP contribution in [-0.4, -0.2) is 177 Å². The van der Waals surface area contributed by atoms with Gasteiger partial charge in [0.15, 0.2) is 12.1 Å². The molecule has 1 aromatic rings. The van der Waals surface area contributed by atoms with Crippen molar-refractivity contribution in [1.29, 1.82) is 0 Å². The highest BCUT2D eigenvalue weighted by Gasteiger charge is 2.45. The molecule has 0 radical (unpaired) electrons. The number of unbranched alkanes of at least 4 members (excludes halogenated alkanes) is 13. The highest BCUT2D eigenvalue weighted by molar-refractivity contribution is 8.00. The van der Waals surface area contributed by atoms with Crippen molar-refractivity contribution in [3.63, 3.8) is 0 Å². The van der Waals surface area contributed by atoms with E-state index in [2.05, 4.69) is 33.5 Å². The summed E-state index contributed by atoms with van der Waals surface area (Å²) >= 11 is 1.17. The lowest BCUT2D eigenvalue weighted by atomic mass is 9.89. The average Bonchev–Trinajstić information content (AvgIpc) is 4.02. The van der Waals surface area contributed by atoms with Crippen molar-refractivity contribution in [3.8, 4) is 0 Å². The number of anilines is 1. The van der Waals surface area contributed by atoms with Crippen LogP contribution in [0.25, 0.3) is 0 Å². The number of aliphatic hydroxyl groups is 5. The highest BCUT2D eigenvalue weighted by atomic mass is 32.2. The molecule has 1 aromatic carbocycles. The van der Waals surface area contributed by atoms with Crippen LogP contribution in [0.15, 0.2) is 24.3 Å². The molecule has 25 heteroatoms. The number of nitrogens with one attached hydrogen (secondary N) is 5. The number of nitrogens with two attached hydrogens (primary N) is 2. The van der Waals surface area contributed by atoms with Gasteiger partial charge < -0.3 is 77.8 Å². The van der Waals surface area contributed by atoms with Gasteiger partial charge >= 0.3 is 12.1 Å². The molecular weight excluding hydrogens is 1120 g/mol. The fourth-order valence-electron chi connectivity index (χ4n) is 10.1. The van der Waals surface area contributed by atoms with Crippen LogP contribution < -0.4 is 38.1 Å². The Labute approximate surface area is 507 Å². The second-order valence-corrected chi connectivity index (χ2v) is 24.0. The minimum absolute atomic E-state index is 0. The third kappa shape index (κ3) is 28.2. The van der Waals surface area contributed by atoms with E-state index in [-0.39, 0.29) is 99.8 Å². The smallest absolute Gasteiger partial charge is 0.407 e. The number of aliphatic hydroxyl groups excluding tert-OH is 5. The number of likely N-dealkylation sites (tertiary alicyclic amines) is 1. The Hall–Kier alpha value is -4.99. The van der Waals surface area contributed by atoms with Gasteiger partial charge in [-0.2, -0.15) is 0 Å². The number of ether oxygens (including phenoxy) is 3. The fourth-order valence-corrected chi connectivity index (χ4v) is 11.2. The highest BCUT2D eigenvalue weighted by Crippen LogP contribution is 2.28. The van der Waals surface area contributed by atoms with Crippen LogP contribution in [0.1, 0.15) is 176 Å². The number of hydrogen-bond donors (Lipinski definition) is 12. The summed E-state index contributed by atoms with van der Waals surface area (Å²) in [7, 11) is 1.47. The zero-order valence-corrected chi connectivity index (χ0v) is 51.0. The number of likely N-dealkylation sites (N-methyl/N-ethyl adjacent to an activating group) is 1. The number of carbonyl (C=O) groups is 8. The van der Waals surface area contributed by atoms with Crippen LogP contribution in [0, 0.1) is 17.8 Å². The van der Waals surface area contributed by atoms with Gasteiger partial charge in [0.2, 0.25) is 29.5 Å². The molecule has 0 aliphatic carbocycles. The van der Waals surface area contributed by atoms with E-state index in [1.165, 1.54) is 75.1 Å². The van der Waals surface area contributed by atoms with Gasteiger partial charge in [-0.3, -0.25) is 33.7 Å². The van der Waals surface area contributed by atoms with Crippen LogP contribution in [0.4, 0.5) is 15.3 Å². The summed E-state index contributed by atoms with van der Waals surface area (Å²) in [6, 6.07) is 2.86. The second-order valence-electron chi connectivity index (χ2n) is 22.7. The van der Waals surface area contributed by atoms with Gasteiger partial charge in [0.1, 0.15) is 31.0 Å². The third-order valence-corrected chi connectivity index (χ3v) is 16.7. The van der Waals surface area contributed by atoms with E-state index in [1.54, 1.807) is 38.1 Å². The van der Waals surface area contributed by atoms with Gasteiger partial charge in [0.25, 0.3) is 0 Å². The molecule has 4 unspecified atom stereocenters. The number of thioether (sulfide) groups is 1. The maximum absolute atomic E-state index is 13.9. The number of urea groups is 1. The number of ketones is 1. The van der Waals surface area contributed by atoms with Crippen molar-refractivity contribution in [3.05, 3.63) is 29.8 Å². The number of amides is 8. The number of hydrogen-bond acceptors (Lipinski definition) is 18. The lowest BCUT2D eigenvalue weighted by Gasteiger charge is -2.40. The lowest BCUT2D eigenvalue weighted by molar-refractivity contribution is -0.303. The number of nitrogens with zero attached hydrogens (tertiary/aromatic N) is 1. The van der Waals surface area contributed by atoms with E-state index < -0.39 is 97.3 Å². The first kappa shape index (κ1) is 76.1. The summed E-state index contributed by atoms with van der Waals surface area (Å²) in [5.74, 6) is -3.56. The third-order valence-electron chi connectivity index (χ3n) is 15.4. The fraction of sp³-hybridized carbons (Fsp3) is 0.767. The summed E-state index contributed by atoms with van der Waals surface area (Å²) < 4.78 is 16.8. The Morgan fingerprint density at radius 3 is 2.04 bits per heavy atom. The monoisotopic (exact) mass is 1220 g/mol. The molecule has 8 amide bonds. The lowest BCUT2D eigenvalue weighted by Crippen LogP contribution is -2.60. The molecule has 2 fully saturated rings. The number of imide groups is 1. The van der Waals surface area contributed by atoms with Crippen molar-refractivity contribution in [2.75, 3.05) is 44.4 Å². The molecule has 2 saturated heterocycles. The predicted molar refractivity (Wildman–Crippen MR) is 324 cm³/mol. The van der Waals surface area contributed by atoms with Gasteiger partial charge in [0, 0.05) is 56.8 Å². The Morgan fingerprint density at radius 2 is 1.44 bits per heavy atom. The zero-order chi connectivity index (χ0) is 62.1. The molecule has 12 atom stereocenters. The number of benzene rings is 1. The second kappa shape index (κ2) is 42.0. The minimum Gasteiger partial charge on any atom is -0.445 e. The minimum atomic E-state index is -1.70. The predicted octanol–water partition coefficient (Wildman–Crippen LogP) is 4.42. The molecule has 486 valence electrons. The molecule has 2 aliphatic rings. The Bertz CT molecular complexity index is 2160. The number of rotatable bonds is 43. The molecule has 24 nitrogen and oxygen atoms in total. The summed E-state index contributed by atoms with van der Waals surface area (Å²) in [4.78, 5) is 104. The van der Waals surface area contributed by atoms with Crippen molar-refractivity contribution >= 4 is 64.9 Å². The maximum Gasteiger partial charge on any atom is 0.407 e. The van der Waals surface area contributed by atoms with Crippen LogP contribution in [0.5, 0.6) is 0 Å². The Balaban J connectivity index is 0.0000247. The first-order valence-corrected chi connectivity index (χ1v) is 31.4. The van der Waals surface area contributed by atoms with Crippen LogP contribution in [0.3, 0.4) is 0 Å². The van der Waals surface area contributed by atoms with Gasteiger partial charge in [-0.25, -0.2) is 9.59 Å². The average molecular weight is 1230 g/mol. The van der Waals surface area contributed by atoms with Crippen LogP contribution >= 0.6 is 11.8 Å². The molecule has 0 aromatic heterocycles. The van der Waals surface area contributed by atoms with Crippen molar-refractivity contribution in [2.45, 2.75) is 237 Å². The van der Waals surface area contributed by atoms with Gasteiger partial charge in [0.05, 0.1) is 42.7 Å². The largest absolute Gasteiger partial charge is 0.445 e. The number of alkyl carbamates (subject to hydrolysis) is 1. The Morgan fingerprint density at radius 1 is 0.812 bits per heavy atom. The van der Waals surface area contributed by atoms with Crippen molar-refractivity contribution in [1.82, 2.24) is 26.2 Å². The molecular formula is C60H104N8O16S. The first-order valence-electron chi connectivity index (χ1n) is 30.3. The van der Waals surface area contributed by atoms with Gasteiger partial charge in [-0.15, -0.1) is 11.8 Å². The SMILES string of the molecule is C.CCCCCCCCCCCCCC[C@@H](C)[C@@H](O)C(CO[C@H]1OC(CO)[C@H](O)[C@H](O)C1O)NC(=O)OCc1ccc(NC(=O)[C@H](CCCNC(N)=O)CC(=O)[C@@H](NC(=O)CCCCCN2C(=O)CC(SC[C@H](N)C(=O)NC)C2=O)C(C)C)cc1. The zero-order valence-electron chi connectivity index (χ0n) is 50.1. The van der Waals surface area contributed by atoms with E-state index in [1.807, 2.05) is 6.92 Å². The van der Waals surface area contributed by atoms with E-state index in [9.17, 15) is 63.9 Å².